The van der Waals surface area contributed by atoms with E-state index in [1.807, 2.05) is 0 Å². The first-order valence-electron chi connectivity index (χ1n) is 10.7. The van der Waals surface area contributed by atoms with E-state index in [0.29, 0.717) is 22.2 Å². The lowest BCUT2D eigenvalue weighted by Crippen LogP contribution is -2.22. The highest BCUT2D eigenvalue weighted by Gasteiger charge is 2.21. The maximum absolute atomic E-state index is 13.0. The predicted molar refractivity (Wildman–Crippen MR) is 140 cm³/mol. The molecule has 1 aromatic heterocycles. The summed E-state index contributed by atoms with van der Waals surface area (Å²) in [6.07, 6.45) is 5.79. The number of hydrogen-bond donors (Lipinski definition) is 2. The SMILES string of the molecule is C=CS(=O)(=O)C1=CCC(n2[nH]c(C)c(N=Nc3ccc4c(S(=O)O)cc(S(C)(=O)=O)cc4c3)c2=O)C=C1. The summed E-state index contributed by atoms with van der Waals surface area (Å²) in [5.74, 6) is 0. The Hall–Kier alpha value is -3.46. The van der Waals surface area contributed by atoms with E-state index in [1.165, 1.54) is 41.1 Å². The van der Waals surface area contributed by atoms with E-state index >= 15 is 0 Å². The molecule has 37 heavy (non-hydrogen) atoms. The van der Waals surface area contributed by atoms with Gasteiger partial charge in [-0.2, -0.15) is 5.11 Å². The fourth-order valence-corrected chi connectivity index (χ4v) is 5.96. The van der Waals surface area contributed by atoms with Crippen molar-refractivity contribution in [2.45, 2.75) is 29.2 Å². The van der Waals surface area contributed by atoms with E-state index in [-0.39, 0.29) is 26.8 Å². The topological polar surface area (TPSA) is 168 Å². The summed E-state index contributed by atoms with van der Waals surface area (Å²) in [5, 5.41) is 12.7. The van der Waals surface area contributed by atoms with Crippen molar-refractivity contribution in [3.63, 3.8) is 0 Å². The summed E-state index contributed by atoms with van der Waals surface area (Å²) in [7, 11) is -7.22. The fourth-order valence-electron chi connectivity index (χ4n) is 3.82. The number of nitrogens with one attached hydrogen (secondary N) is 1. The Morgan fingerprint density at radius 2 is 1.92 bits per heavy atom. The molecule has 2 atom stereocenters. The lowest BCUT2D eigenvalue weighted by atomic mass is 10.1. The number of fused-ring (bicyclic) bond motifs is 1. The average Bonchev–Trinajstić information content (AvgIpc) is 3.14. The van der Waals surface area contributed by atoms with Crippen LogP contribution in [0, 0.1) is 6.92 Å². The third-order valence-corrected chi connectivity index (χ3v) is 8.95. The Labute approximate surface area is 215 Å². The van der Waals surface area contributed by atoms with Crippen LogP contribution < -0.4 is 5.56 Å². The maximum atomic E-state index is 13.0. The average molecular weight is 563 g/mol. The van der Waals surface area contributed by atoms with Gasteiger partial charge in [-0.1, -0.05) is 24.8 Å². The standard InChI is InChI=1S/C23H22N4O7S3/c1-4-37(33,34)18-8-6-17(7-9-18)27-23(28)22(14(2)26-27)25-24-16-5-10-20-15(11-16)12-19(36(3,31)32)13-21(20)35(29)30/h4-6,8-13,17,26H,1,7H2,2-3H3,(H,29,30). The highest BCUT2D eigenvalue weighted by Crippen LogP contribution is 2.30. The molecule has 3 aromatic rings. The molecule has 0 spiro atoms. The quantitative estimate of drug-likeness (QED) is 0.324. The van der Waals surface area contributed by atoms with E-state index in [9.17, 15) is 30.4 Å². The van der Waals surface area contributed by atoms with Gasteiger partial charge in [0.2, 0.25) is 0 Å². The molecule has 2 aromatic carbocycles. The second-order valence-corrected chi connectivity index (χ2v) is 13.1. The lowest BCUT2D eigenvalue weighted by molar-refractivity contribution is 0.521. The first kappa shape index (κ1) is 26.6. The summed E-state index contributed by atoms with van der Waals surface area (Å²) >= 11 is -2.42. The second-order valence-electron chi connectivity index (χ2n) is 8.29. The van der Waals surface area contributed by atoms with Crippen molar-refractivity contribution in [1.82, 2.24) is 9.78 Å². The predicted octanol–water partition coefficient (Wildman–Crippen LogP) is 3.98. The highest BCUT2D eigenvalue weighted by molar-refractivity contribution is 7.98. The molecule has 1 aliphatic rings. The first-order valence-corrected chi connectivity index (χ1v) is 15.2. The highest BCUT2D eigenvalue weighted by atomic mass is 32.2. The molecule has 0 fully saturated rings. The summed E-state index contributed by atoms with van der Waals surface area (Å²) in [6, 6.07) is 6.63. The van der Waals surface area contributed by atoms with Gasteiger partial charge in [0.15, 0.2) is 36.4 Å². The van der Waals surface area contributed by atoms with Crippen LogP contribution in [-0.2, 0) is 30.8 Å². The molecule has 11 nitrogen and oxygen atoms in total. The molecule has 2 N–H and O–H groups in total. The number of sulfone groups is 2. The van der Waals surface area contributed by atoms with Crippen LogP contribution in [0.4, 0.5) is 11.4 Å². The van der Waals surface area contributed by atoms with E-state index in [0.717, 1.165) is 17.7 Å². The van der Waals surface area contributed by atoms with E-state index < -0.39 is 42.4 Å². The first-order chi connectivity index (χ1) is 17.3. The Morgan fingerprint density at radius 3 is 2.51 bits per heavy atom. The third kappa shape index (κ3) is 5.32. The van der Waals surface area contributed by atoms with Crippen molar-refractivity contribution in [2.75, 3.05) is 6.26 Å². The van der Waals surface area contributed by atoms with E-state index in [2.05, 4.69) is 21.9 Å². The van der Waals surface area contributed by atoms with Gasteiger partial charge in [0.05, 0.1) is 32.1 Å². The Bertz CT molecular complexity index is 1830. The van der Waals surface area contributed by atoms with Gasteiger partial charge >= 0.3 is 0 Å². The fraction of sp³-hybridized carbons (Fsp3) is 0.174. The van der Waals surface area contributed by atoms with Gasteiger partial charge in [-0.25, -0.2) is 25.7 Å². The molecule has 0 radical (unpaired) electrons. The van der Waals surface area contributed by atoms with Gasteiger partial charge in [0.1, 0.15) is 0 Å². The largest absolute Gasteiger partial charge is 0.302 e. The summed E-state index contributed by atoms with van der Waals surface area (Å²) < 4.78 is 70.7. The van der Waals surface area contributed by atoms with Crippen molar-refractivity contribution in [2.24, 2.45) is 10.2 Å². The molecular formula is C23H22N4O7S3. The van der Waals surface area contributed by atoms with Gasteiger partial charge < -0.3 is 4.55 Å². The summed E-state index contributed by atoms with van der Waals surface area (Å²) in [6.45, 7) is 4.95. The second kappa shape index (κ2) is 9.78. The number of aromatic amines is 1. The number of allylic oxidation sites excluding steroid dienone is 3. The van der Waals surface area contributed by atoms with E-state index in [1.54, 1.807) is 13.0 Å². The van der Waals surface area contributed by atoms with Crippen LogP contribution in [0.25, 0.3) is 10.8 Å². The number of benzene rings is 2. The monoisotopic (exact) mass is 562 g/mol. The summed E-state index contributed by atoms with van der Waals surface area (Å²) in [4.78, 5) is 12.9. The summed E-state index contributed by atoms with van der Waals surface area (Å²) in [5.41, 5.74) is 0.314. The van der Waals surface area contributed by atoms with E-state index in [4.69, 9.17) is 0 Å². The molecule has 14 heteroatoms. The van der Waals surface area contributed by atoms with Crippen molar-refractivity contribution in [3.8, 4) is 0 Å². The lowest BCUT2D eigenvalue weighted by Gasteiger charge is -2.16. The molecule has 0 amide bonds. The Balaban J connectivity index is 1.67. The van der Waals surface area contributed by atoms with Crippen LogP contribution >= 0.6 is 0 Å². The third-order valence-electron chi connectivity index (χ3n) is 5.74. The molecule has 2 unspecified atom stereocenters. The molecule has 0 saturated heterocycles. The number of aryl methyl sites for hydroxylation is 1. The van der Waals surface area contributed by atoms with Gasteiger partial charge in [-0.05, 0) is 49.1 Å². The van der Waals surface area contributed by atoms with Gasteiger partial charge in [-0.3, -0.25) is 9.89 Å². The zero-order chi connectivity index (χ0) is 27.1. The zero-order valence-electron chi connectivity index (χ0n) is 19.7. The van der Waals surface area contributed by atoms with Crippen molar-refractivity contribution >= 4 is 52.9 Å². The maximum Gasteiger partial charge on any atom is 0.295 e. The zero-order valence-corrected chi connectivity index (χ0v) is 22.1. The number of aromatic nitrogens is 2. The number of hydrogen-bond acceptors (Lipinski definition) is 8. The van der Waals surface area contributed by atoms with Crippen LogP contribution in [-0.4, -0.2) is 41.6 Å². The number of H-pyrrole nitrogens is 1. The molecule has 0 aliphatic heterocycles. The Kier molecular flexibility index (Phi) is 7.03. The van der Waals surface area contributed by atoms with Gasteiger partial charge in [-0.15, -0.1) is 5.11 Å². The van der Waals surface area contributed by atoms with Gasteiger partial charge in [0, 0.05) is 17.1 Å². The van der Waals surface area contributed by atoms with Crippen molar-refractivity contribution in [3.05, 3.63) is 81.5 Å². The van der Waals surface area contributed by atoms with Crippen LogP contribution in [0.15, 0.2) is 90.3 Å². The molecule has 1 aliphatic carbocycles. The Morgan fingerprint density at radius 1 is 1.19 bits per heavy atom. The molecule has 194 valence electrons. The van der Waals surface area contributed by atoms with Crippen molar-refractivity contribution in [1.29, 1.82) is 0 Å². The van der Waals surface area contributed by atoms with Crippen molar-refractivity contribution < 1.29 is 25.6 Å². The minimum absolute atomic E-state index is 0.0454. The van der Waals surface area contributed by atoms with Crippen LogP contribution in [0.3, 0.4) is 0 Å². The van der Waals surface area contributed by atoms with Crippen LogP contribution in [0.2, 0.25) is 0 Å². The molecule has 1 heterocycles. The number of nitrogens with zero attached hydrogens (tertiary/aromatic N) is 3. The number of rotatable bonds is 7. The van der Waals surface area contributed by atoms with Crippen LogP contribution in [0.5, 0.6) is 0 Å². The smallest absolute Gasteiger partial charge is 0.295 e. The number of azo groups is 1. The molecule has 4 rings (SSSR count). The minimum Gasteiger partial charge on any atom is -0.302 e. The molecule has 0 saturated carbocycles. The minimum atomic E-state index is -3.65. The normalized spacial score (nSPS) is 17.3. The van der Waals surface area contributed by atoms with Gasteiger partial charge in [0.25, 0.3) is 5.56 Å². The molecular weight excluding hydrogens is 540 g/mol. The molecule has 0 bridgehead atoms. The van der Waals surface area contributed by atoms with Crippen LogP contribution in [0.1, 0.15) is 18.2 Å².